The van der Waals surface area contributed by atoms with Crippen molar-refractivity contribution in [2.45, 2.75) is 106 Å². The van der Waals surface area contributed by atoms with Crippen molar-refractivity contribution < 1.29 is 32.6 Å². The average molecular weight is 749 g/mol. The molecule has 1 fully saturated rings. The van der Waals surface area contributed by atoms with Crippen LogP contribution in [-0.4, -0.2) is 86.3 Å². The van der Waals surface area contributed by atoms with E-state index in [-0.39, 0.29) is 40.9 Å². The van der Waals surface area contributed by atoms with Crippen molar-refractivity contribution in [1.82, 2.24) is 20.9 Å². The van der Waals surface area contributed by atoms with E-state index in [4.69, 9.17) is 4.74 Å². The predicted molar refractivity (Wildman–Crippen MR) is 205 cm³/mol. The first-order valence-electron chi connectivity index (χ1n) is 18.4. The summed E-state index contributed by atoms with van der Waals surface area (Å²) in [7, 11) is -1.84. The highest BCUT2D eigenvalue weighted by molar-refractivity contribution is 7.91. The van der Waals surface area contributed by atoms with Crippen molar-refractivity contribution in [3.05, 3.63) is 96.1 Å². The zero-order valence-corrected chi connectivity index (χ0v) is 32.6. The third-order valence-corrected chi connectivity index (χ3v) is 11.4. The molecule has 1 aliphatic heterocycles. The fourth-order valence-corrected chi connectivity index (χ4v) is 7.83. The summed E-state index contributed by atoms with van der Waals surface area (Å²) in [6, 6.07) is 22.7. The largest absolute Gasteiger partial charge is 0.444 e. The van der Waals surface area contributed by atoms with Crippen LogP contribution in [0.4, 0.5) is 4.79 Å². The summed E-state index contributed by atoms with van der Waals surface area (Å²) < 4.78 is 32.0. The van der Waals surface area contributed by atoms with Crippen LogP contribution in [0.3, 0.4) is 0 Å². The topological polar surface area (TPSA) is 154 Å². The van der Waals surface area contributed by atoms with E-state index in [1.165, 1.54) is 24.3 Å². The van der Waals surface area contributed by atoms with Gasteiger partial charge in [0.2, 0.25) is 21.7 Å². The van der Waals surface area contributed by atoms with Gasteiger partial charge in [-0.05, 0) is 101 Å². The maximum Gasteiger partial charge on any atom is 0.407 e. The summed E-state index contributed by atoms with van der Waals surface area (Å²) in [6.45, 7) is 10.2. The summed E-state index contributed by atoms with van der Waals surface area (Å²) in [5, 5.41) is 20.9. The molecule has 4 N–H and O–H groups in total. The molecule has 0 aromatic heterocycles. The summed E-state index contributed by atoms with van der Waals surface area (Å²) in [5.41, 5.74) is 0.775. The Balaban J connectivity index is 1.61. The SMILES string of the molecule is CNC1CCN(C(=O)[C@@H](NC(=O)[C@@H](Cc2ccc(S(=O)(=O)c3ccccc3)cc2)C[C@@H](O)[C@H](Cc2ccccc2)NC(=O)OC(C)(C)C)C(C)C)CC1. The van der Waals surface area contributed by atoms with Crippen molar-refractivity contribution in [3.8, 4) is 0 Å². The van der Waals surface area contributed by atoms with Crippen molar-refractivity contribution >= 4 is 27.7 Å². The maximum absolute atomic E-state index is 14.3. The van der Waals surface area contributed by atoms with Gasteiger partial charge in [0.1, 0.15) is 11.6 Å². The van der Waals surface area contributed by atoms with Gasteiger partial charge in [0.05, 0.1) is 21.9 Å². The molecule has 53 heavy (non-hydrogen) atoms. The minimum atomic E-state index is -3.75. The first-order chi connectivity index (χ1) is 25.1. The number of amides is 3. The average Bonchev–Trinajstić information content (AvgIpc) is 3.13. The van der Waals surface area contributed by atoms with Gasteiger partial charge in [0.15, 0.2) is 0 Å². The molecule has 1 aliphatic rings. The maximum atomic E-state index is 14.3. The Labute approximate surface area is 314 Å². The normalized spacial score (nSPS) is 16.3. The van der Waals surface area contributed by atoms with Crippen LogP contribution < -0.4 is 16.0 Å². The Morgan fingerprint density at radius 2 is 1.38 bits per heavy atom. The van der Waals surface area contributed by atoms with Crippen LogP contribution in [0, 0.1) is 11.8 Å². The van der Waals surface area contributed by atoms with Crippen LogP contribution in [0.15, 0.2) is 94.7 Å². The van der Waals surface area contributed by atoms with Crippen molar-refractivity contribution in [2.24, 2.45) is 11.8 Å². The molecule has 3 aromatic rings. The zero-order chi connectivity index (χ0) is 38.8. The summed E-state index contributed by atoms with van der Waals surface area (Å²) in [6.07, 6.45) is 0.114. The number of alkyl carbamates (subject to hydrolysis) is 1. The Bertz CT molecular complexity index is 1740. The van der Waals surface area contributed by atoms with Gasteiger partial charge in [-0.15, -0.1) is 0 Å². The van der Waals surface area contributed by atoms with Crippen LogP contribution in [-0.2, 0) is 37.0 Å². The number of carbonyl (C=O) groups excluding carboxylic acids is 3. The molecular formula is C41H56N4O7S. The minimum absolute atomic E-state index is 0.0598. The lowest BCUT2D eigenvalue weighted by Crippen LogP contribution is -2.55. The van der Waals surface area contributed by atoms with Gasteiger partial charge in [-0.2, -0.15) is 0 Å². The van der Waals surface area contributed by atoms with Crippen molar-refractivity contribution in [3.63, 3.8) is 0 Å². The fraction of sp³-hybridized carbons (Fsp3) is 0.488. The lowest BCUT2D eigenvalue weighted by atomic mass is 9.88. The van der Waals surface area contributed by atoms with E-state index in [2.05, 4.69) is 16.0 Å². The Morgan fingerprint density at radius 1 is 0.830 bits per heavy atom. The molecule has 4 atom stereocenters. The van der Waals surface area contributed by atoms with E-state index in [1.807, 2.05) is 51.2 Å². The third kappa shape index (κ3) is 12.1. The molecule has 0 bridgehead atoms. The predicted octanol–water partition coefficient (Wildman–Crippen LogP) is 4.92. The minimum Gasteiger partial charge on any atom is -0.444 e. The summed E-state index contributed by atoms with van der Waals surface area (Å²) >= 11 is 0. The second-order valence-electron chi connectivity index (χ2n) is 15.2. The molecule has 0 radical (unpaired) electrons. The molecule has 3 aromatic carbocycles. The number of hydrogen-bond acceptors (Lipinski definition) is 8. The molecule has 12 heteroatoms. The number of nitrogens with zero attached hydrogens (tertiary/aromatic N) is 1. The highest BCUT2D eigenvalue weighted by Gasteiger charge is 2.35. The third-order valence-electron chi connectivity index (χ3n) is 9.58. The molecule has 0 aliphatic carbocycles. The molecule has 0 spiro atoms. The van der Waals surface area contributed by atoms with Gasteiger partial charge >= 0.3 is 6.09 Å². The molecule has 11 nitrogen and oxygen atoms in total. The zero-order valence-electron chi connectivity index (χ0n) is 31.7. The molecule has 1 heterocycles. The van der Waals surface area contributed by atoms with E-state index in [9.17, 15) is 27.9 Å². The number of hydrogen-bond donors (Lipinski definition) is 4. The highest BCUT2D eigenvalue weighted by Crippen LogP contribution is 2.25. The van der Waals surface area contributed by atoms with E-state index >= 15 is 0 Å². The standard InChI is InChI=1S/C41H56N4O7S/c1-28(2)37(39(48)45-23-21-32(42-6)22-24-45)44-38(47)31(25-30-17-19-34(20-18-30)53(50,51)33-15-11-8-12-16-33)27-36(46)35(26-29-13-9-7-10-14-29)43-40(49)52-41(3,4)5/h7-20,28,31-32,35-37,42,46H,21-27H2,1-6H3,(H,43,49)(H,44,47)/t31-,35-,36+,37-/m0/s1. The Kier molecular flexibility index (Phi) is 14.6. The number of aliphatic hydroxyl groups is 1. The number of sulfone groups is 1. The number of rotatable bonds is 15. The number of nitrogens with one attached hydrogen (secondary N) is 3. The van der Waals surface area contributed by atoms with E-state index in [0.717, 1.165) is 18.4 Å². The first kappa shape index (κ1) is 41.5. The Morgan fingerprint density at radius 3 is 1.92 bits per heavy atom. The number of carbonyl (C=O) groups is 3. The van der Waals surface area contributed by atoms with Crippen LogP contribution in [0.5, 0.6) is 0 Å². The Hall–Kier alpha value is -4.26. The molecule has 1 saturated heterocycles. The molecule has 288 valence electrons. The molecule has 4 rings (SSSR count). The van der Waals surface area contributed by atoms with E-state index in [1.54, 1.807) is 56.0 Å². The van der Waals surface area contributed by atoms with Gasteiger partial charge in [0, 0.05) is 25.0 Å². The monoisotopic (exact) mass is 748 g/mol. The van der Waals surface area contributed by atoms with Gasteiger partial charge in [-0.3, -0.25) is 9.59 Å². The summed E-state index contributed by atoms with van der Waals surface area (Å²) in [4.78, 5) is 43.1. The van der Waals surface area contributed by atoms with Gasteiger partial charge in [0.25, 0.3) is 0 Å². The lowest BCUT2D eigenvalue weighted by molar-refractivity contribution is -0.139. The number of ether oxygens (including phenoxy) is 1. The second-order valence-corrected chi connectivity index (χ2v) is 17.2. The number of benzene rings is 3. The molecule has 3 amide bonds. The van der Waals surface area contributed by atoms with Gasteiger partial charge < -0.3 is 30.7 Å². The van der Waals surface area contributed by atoms with Crippen LogP contribution in [0.25, 0.3) is 0 Å². The lowest BCUT2D eigenvalue weighted by Gasteiger charge is -2.36. The number of piperidine rings is 1. The van der Waals surface area contributed by atoms with E-state index < -0.39 is 51.5 Å². The van der Waals surface area contributed by atoms with Crippen molar-refractivity contribution in [1.29, 1.82) is 0 Å². The van der Waals surface area contributed by atoms with Crippen LogP contribution in [0.2, 0.25) is 0 Å². The number of likely N-dealkylation sites (tertiary alicyclic amines) is 1. The van der Waals surface area contributed by atoms with E-state index in [0.29, 0.717) is 24.7 Å². The van der Waals surface area contributed by atoms with Crippen LogP contribution in [0.1, 0.15) is 65.0 Å². The fourth-order valence-electron chi connectivity index (χ4n) is 6.54. The quantitative estimate of drug-likeness (QED) is 0.171. The van der Waals surface area contributed by atoms with Crippen molar-refractivity contribution in [2.75, 3.05) is 20.1 Å². The van der Waals surface area contributed by atoms with Crippen LogP contribution >= 0.6 is 0 Å². The number of aliphatic hydroxyl groups excluding tert-OH is 1. The van der Waals surface area contributed by atoms with Gasteiger partial charge in [-0.25, -0.2) is 13.2 Å². The molecule has 0 unspecified atom stereocenters. The molecular weight excluding hydrogens is 693 g/mol. The summed E-state index contributed by atoms with van der Waals surface area (Å²) in [5.74, 6) is -1.62. The smallest absolute Gasteiger partial charge is 0.407 e. The highest BCUT2D eigenvalue weighted by atomic mass is 32.2. The first-order valence-corrected chi connectivity index (χ1v) is 19.9. The second kappa shape index (κ2) is 18.7. The van der Waals surface area contributed by atoms with Gasteiger partial charge in [-0.1, -0.05) is 74.5 Å². The molecule has 0 saturated carbocycles.